The summed E-state index contributed by atoms with van der Waals surface area (Å²) in [6.07, 6.45) is 0. The molecule has 19 heavy (non-hydrogen) atoms. The van der Waals surface area contributed by atoms with Crippen LogP contribution in [0.4, 0.5) is 5.69 Å². The minimum Gasteiger partial charge on any atom is -0.258 e. The van der Waals surface area contributed by atoms with Gasteiger partial charge in [0.1, 0.15) is 0 Å². The van der Waals surface area contributed by atoms with Gasteiger partial charge in [0, 0.05) is 17.0 Å². The molecule has 0 atom stereocenters. The van der Waals surface area contributed by atoms with Gasteiger partial charge in [-0.25, -0.2) is 8.42 Å². The van der Waals surface area contributed by atoms with Gasteiger partial charge in [-0.3, -0.25) is 10.1 Å². The molecule has 2 aromatic carbocycles. The van der Waals surface area contributed by atoms with Crippen LogP contribution in [0.1, 0.15) is 0 Å². The predicted octanol–water partition coefficient (Wildman–Crippen LogP) is 2.72. The second-order valence-electron chi connectivity index (χ2n) is 3.75. The minimum atomic E-state index is -3.68. The highest BCUT2D eigenvalue weighted by molar-refractivity contribution is 7.91. The first-order chi connectivity index (χ1) is 8.91. The van der Waals surface area contributed by atoms with E-state index in [1.165, 1.54) is 24.3 Å². The Bertz CT molecular complexity index is 724. The van der Waals surface area contributed by atoms with Gasteiger partial charge in [-0.15, -0.1) is 12.6 Å². The molecule has 0 aromatic heterocycles. The molecule has 0 amide bonds. The summed E-state index contributed by atoms with van der Waals surface area (Å²) >= 11 is 4.09. The summed E-state index contributed by atoms with van der Waals surface area (Å²) in [5, 5.41) is 10.5. The summed E-state index contributed by atoms with van der Waals surface area (Å²) in [4.78, 5) is 10.6. The van der Waals surface area contributed by atoms with Crippen LogP contribution in [0.2, 0.25) is 0 Å². The number of nitro groups is 1. The molecule has 0 aliphatic carbocycles. The Hall–Kier alpha value is -1.86. The number of sulfone groups is 1. The fraction of sp³-hybridized carbons (Fsp3) is 0. The summed E-state index contributed by atoms with van der Waals surface area (Å²) in [5.41, 5.74) is -0.151. The molecule has 0 saturated heterocycles. The van der Waals surface area contributed by atoms with Crippen molar-refractivity contribution in [3.63, 3.8) is 0 Å². The van der Waals surface area contributed by atoms with Gasteiger partial charge in [0.05, 0.1) is 14.7 Å². The summed E-state index contributed by atoms with van der Waals surface area (Å²) in [6, 6.07) is 10.9. The first kappa shape index (κ1) is 13.6. The fourth-order valence-electron chi connectivity index (χ4n) is 1.53. The van der Waals surface area contributed by atoms with E-state index in [-0.39, 0.29) is 15.5 Å². The van der Waals surface area contributed by atoms with Crippen LogP contribution in [0.5, 0.6) is 0 Å². The van der Waals surface area contributed by atoms with Crippen molar-refractivity contribution in [2.75, 3.05) is 0 Å². The van der Waals surface area contributed by atoms with Crippen LogP contribution in [-0.2, 0) is 9.84 Å². The molecule has 0 aliphatic heterocycles. The van der Waals surface area contributed by atoms with E-state index >= 15 is 0 Å². The molecule has 2 rings (SSSR count). The van der Waals surface area contributed by atoms with Gasteiger partial charge in [0.2, 0.25) is 9.84 Å². The topological polar surface area (TPSA) is 77.3 Å². The second kappa shape index (κ2) is 5.02. The monoisotopic (exact) mass is 295 g/mol. The van der Waals surface area contributed by atoms with Gasteiger partial charge < -0.3 is 0 Å². The van der Waals surface area contributed by atoms with Crippen molar-refractivity contribution < 1.29 is 13.3 Å². The van der Waals surface area contributed by atoms with Crippen molar-refractivity contribution >= 4 is 28.2 Å². The largest absolute Gasteiger partial charge is 0.269 e. The molecule has 0 heterocycles. The lowest BCUT2D eigenvalue weighted by Gasteiger charge is -2.04. The van der Waals surface area contributed by atoms with Crippen LogP contribution < -0.4 is 0 Å². The van der Waals surface area contributed by atoms with Gasteiger partial charge in [-0.1, -0.05) is 6.07 Å². The van der Waals surface area contributed by atoms with Gasteiger partial charge in [-0.05, 0) is 30.3 Å². The fourth-order valence-corrected chi connectivity index (χ4v) is 3.15. The number of nitrogens with zero attached hydrogens (tertiary/aromatic N) is 1. The second-order valence-corrected chi connectivity index (χ2v) is 6.22. The summed E-state index contributed by atoms with van der Waals surface area (Å²) < 4.78 is 24.5. The number of nitro benzene ring substituents is 1. The Morgan fingerprint density at radius 2 is 1.63 bits per heavy atom. The predicted molar refractivity (Wildman–Crippen MR) is 72.2 cm³/mol. The maximum Gasteiger partial charge on any atom is 0.269 e. The zero-order valence-electron chi connectivity index (χ0n) is 9.55. The third-order valence-electron chi connectivity index (χ3n) is 2.49. The lowest BCUT2D eigenvalue weighted by atomic mass is 10.3. The molecule has 0 saturated carbocycles. The van der Waals surface area contributed by atoms with E-state index in [1.807, 2.05) is 0 Å². The van der Waals surface area contributed by atoms with E-state index in [0.29, 0.717) is 4.90 Å². The SMILES string of the molecule is O=[N+]([O-])c1ccc(S(=O)(=O)c2cccc(S)c2)cc1. The highest BCUT2D eigenvalue weighted by Crippen LogP contribution is 2.24. The zero-order valence-corrected chi connectivity index (χ0v) is 11.3. The average Bonchev–Trinajstić information content (AvgIpc) is 2.39. The van der Waals surface area contributed by atoms with Crippen LogP contribution >= 0.6 is 12.6 Å². The van der Waals surface area contributed by atoms with Crippen LogP contribution in [0.15, 0.2) is 63.2 Å². The van der Waals surface area contributed by atoms with Crippen molar-refractivity contribution in [3.8, 4) is 0 Å². The molecule has 0 aliphatic rings. The third kappa shape index (κ3) is 2.77. The van der Waals surface area contributed by atoms with Crippen molar-refractivity contribution in [1.29, 1.82) is 0 Å². The van der Waals surface area contributed by atoms with Crippen molar-refractivity contribution in [3.05, 3.63) is 58.6 Å². The third-order valence-corrected chi connectivity index (χ3v) is 4.53. The summed E-state index contributed by atoms with van der Waals surface area (Å²) in [5.74, 6) is 0. The van der Waals surface area contributed by atoms with E-state index in [2.05, 4.69) is 12.6 Å². The molecule has 0 fully saturated rings. The van der Waals surface area contributed by atoms with Crippen LogP contribution in [0.25, 0.3) is 0 Å². The average molecular weight is 295 g/mol. The minimum absolute atomic E-state index is 0.0111. The van der Waals surface area contributed by atoms with Gasteiger partial charge in [-0.2, -0.15) is 0 Å². The Kier molecular flexibility index (Phi) is 3.59. The number of thiol groups is 1. The van der Waals surface area contributed by atoms with E-state index < -0.39 is 14.8 Å². The standard InChI is InChI=1S/C12H9NO4S2/c14-13(15)9-4-6-11(7-5-9)19(16,17)12-3-1-2-10(18)8-12/h1-8,18H. The zero-order chi connectivity index (χ0) is 14.0. The Morgan fingerprint density at radius 3 is 2.16 bits per heavy atom. The maximum atomic E-state index is 12.3. The molecule has 0 bridgehead atoms. The smallest absolute Gasteiger partial charge is 0.258 e. The lowest BCUT2D eigenvalue weighted by molar-refractivity contribution is -0.384. The van der Waals surface area contributed by atoms with E-state index in [0.717, 1.165) is 12.1 Å². The molecule has 5 nitrogen and oxygen atoms in total. The molecule has 7 heteroatoms. The van der Waals surface area contributed by atoms with E-state index in [1.54, 1.807) is 12.1 Å². The normalized spacial score (nSPS) is 11.2. The highest BCUT2D eigenvalue weighted by Gasteiger charge is 2.18. The Balaban J connectivity index is 2.48. The van der Waals surface area contributed by atoms with Gasteiger partial charge in [0.25, 0.3) is 5.69 Å². The van der Waals surface area contributed by atoms with Crippen molar-refractivity contribution in [1.82, 2.24) is 0 Å². The first-order valence-electron chi connectivity index (χ1n) is 5.20. The van der Waals surface area contributed by atoms with Gasteiger partial charge >= 0.3 is 0 Å². The quantitative estimate of drug-likeness (QED) is 0.536. The van der Waals surface area contributed by atoms with Crippen molar-refractivity contribution in [2.45, 2.75) is 14.7 Å². The molecular formula is C12H9NO4S2. The molecular weight excluding hydrogens is 286 g/mol. The molecule has 0 unspecified atom stereocenters. The van der Waals surface area contributed by atoms with Crippen LogP contribution in [0, 0.1) is 10.1 Å². The van der Waals surface area contributed by atoms with Crippen molar-refractivity contribution in [2.24, 2.45) is 0 Å². The van der Waals surface area contributed by atoms with E-state index in [9.17, 15) is 18.5 Å². The van der Waals surface area contributed by atoms with Crippen LogP contribution in [-0.4, -0.2) is 13.3 Å². The highest BCUT2D eigenvalue weighted by atomic mass is 32.2. The molecule has 0 N–H and O–H groups in total. The molecule has 98 valence electrons. The Morgan fingerprint density at radius 1 is 1.00 bits per heavy atom. The first-order valence-corrected chi connectivity index (χ1v) is 7.13. The summed E-state index contributed by atoms with van der Waals surface area (Å²) in [6.45, 7) is 0. The molecule has 0 radical (unpaired) electrons. The maximum absolute atomic E-state index is 12.3. The van der Waals surface area contributed by atoms with Gasteiger partial charge in [0.15, 0.2) is 0 Å². The Labute approximate surface area is 115 Å². The number of non-ortho nitro benzene ring substituents is 1. The summed E-state index contributed by atoms with van der Waals surface area (Å²) in [7, 11) is -3.68. The number of benzene rings is 2. The number of rotatable bonds is 3. The lowest BCUT2D eigenvalue weighted by Crippen LogP contribution is -2.02. The van der Waals surface area contributed by atoms with E-state index in [4.69, 9.17) is 0 Å². The molecule has 2 aromatic rings. The molecule has 0 spiro atoms. The number of hydrogen-bond donors (Lipinski definition) is 1. The van der Waals surface area contributed by atoms with Crippen LogP contribution in [0.3, 0.4) is 0 Å². The number of hydrogen-bond acceptors (Lipinski definition) is 5.